The maximum absolute atomic E-state index is 12.3. The van der Waals surface area contributed by atoms with Crippen molar-refractivity contribution in [2.75, 3.05) is 45.9 Å². The van der Waals surface area contributed by atoms with E-state index >= 15 is 0 Å². The maximum atomic E-state index is 12.3. The molecule has 0 aromatic carbocycles. The Labute approximate surface area is 137 Å². The van der Waals surface area contributed by atoms with Crippen molar-refractivity contribution in [1.29, 1.82) is 0 Å². The topological polar surface area (TPSA) is 81.3 Å². The van der Waals surface area contributed by atoms with E-state index < -0.39 is 0 Å². The normalized spacial score (nSPS) is 17.3. The summed E-state index contributed by atoms with van der Waals surface area (Å²) in [4.78, 5) is 20.8. The molecule has 0 bridgehead atoms. The van der Waals surface area contributed by atoms with E-state index in [1.165, 1.54) is 6.26 Å². The predicted molar refractivity (Wildman–Crippen MR) is 88.4 cm³/mol. The molecule has 2 rings (SSSR count). The molecular weight excluding hydrogens is 296 g/mol. The zero-order valence-corrected chi connectivity index (χ0v) is 13.9. The molecule has 0 radical (unpaired) electrons. The van der Waals surface area contributed by atoms with Crippen molar-refractivity contribution in [3.05, 3.63) is 24.2 Å². The number of carbonyl (C=O) groups excluding carboxylic acids is 1. The third-order valence-corrected chi connectivity index (χ3v) is 3.80. The molecule has 1 fully saturated rings. The number of furan rings is 1. The van der Waals surface area contributed by atoms with Crippen LogP contribution in [-0.4, -0.2) is 72.6 Å². The molecule has 1 atom stereocenters. The lowest BCUT2D eigenvalue weighted by Gasteiger charge is -2.36. The lowest BCUT2D eigenvalue weighted by Crippen LogP contribution is -2.53. The first-order valence-corrected chi connectivity index (χ1v) is 8.12. The molecule has 7 nitrogen and oxygen atoms in total. The van der Waals surface area contributed by atoms with E-state index in [2.05, 4.69) is 15.2 Å². The SMILES string of the molecule is CCNC(=NCC(C)CO)N1CCN(C(=O)c2ccco2)CC1. The van der Waals surface area contributed by atoms with E-state index in [0.29, 0.717) is 25.4 Å². The van der Waals surface area contributed by atoms with Gasteiger partial charge in [0.15, 0.2) is 11.7 Å². The molecule has 2 N–H and O–H groups in total. The standard InChI is InChI=1S/C16H26N4O3/c1-3-17-16(18-11-13(2)12-21)20-8-6-19(7-9-20)15(22)14-5-4-10-23-14/h4-5,10,13,21H,3,6-9,11-12H2,1-2H3,(H,17,18). The highest BCUT2D eigenvalue weighted by molar-refractivity contribution is 5.91. The van der Waals surface area contributed by atoms with Gasteiger partial charge < -0.3 is 24.6 Å². The fraction of sp³-hybridized carbons (Fsp3) is 0.625. The molecular formula is C16H26N4O3. The summed E-state index contributed by atoms with van der Waals surface area (Å²) in [5, 5.41) is 12.4. The van der Waals surface area contributed by atoms with Gasteiger partial charge in [-0.1, -0.05) is 6.92 Å². The molecule has 1 aliphatic rings. The predicted octanol–water partition coefficient (Wildman–Crippen LogP) is 0.631. The second kappa shape index (κ2) is 8.57. The Morgan fingerprint density at radius 3 is 2.65 bits per heavy atom. The summed E-state index contributed by atoms with van der Waals surface area (Å²) in [6.07, 6.45) is 1.52. The number of aliphatic hydroxyl groups excluding tert-OH is 1. The highest BCUT2D eigenvalue weighted by Gasteiger charge is 2.25. The second-order valence-corrected chi connectivity index (χ2v) is 5.74. The van der Waals surface area contributed by atoms with Crippen LogP contribution in [0.1, 0.15) is 24.4 Å². The first-order valence-electron chi connectivity index (χ1n) is 8.12. The second-order valence-electron chi connectivity index (χ2n) is 5.74. The van der Waals surface area contributed by atoms with Gasteiger partial charge in [0.05, 0.1) is 6.26 Å². The summed E-state index contributed by atoms with van der Waals surface area (Å²) in [5.41, 5.74) is 0. The quantitative estimate of drug-likeness (QED) is 0.614. The van der Waals surface area contributed by atoms with Crippen LogP contribution in [0.15, 0.2) is 27.8 Å². The van der Waals surface area contributed by atoms with Crippen molar-refractivity contribution < 1.29 is 14.3 Å². The number of nitrogens with one attached hydrogen (secondary N) is 1. The molecule has 1 aliphatic heterocycles. The summed E-state index contributed by atoms with van der Waals surface area (Å²) in [6.45, 7) is 8.24. The molecule has 1 aromatic heterocycles. The average molecular weight is 322 g/mol. The fourth-order valence-electron chi connectivity index (χ4n) is 2.40. The van der Waals surface area contributed by atoms with Gasteiger partial charge >= 0.3 is 0 Å². The summed E-state index contributed by atoms with van der Waals surface area (Å²) >= 11 is 0. The van der Waals surface area contributed by atoms with Crippen LogP contribution in [0, 0.1) is 5.92 Å². The van der Waals surface area contributed by atoms with Gasteiger partial charge in [0.1, 0.15) is 0 Å². The van der Waals surface area contributed by atoms with E-state index in [1.54, 1.807) is 17.0 Å². The summed E-state index contributed by atoms with van der Waals surface area (Å²) in [7, 11) is 0. The highest BCUT2D eigenvalue weighted by Crippen LogP contribution is 2.09. The number of piperazine rings is 1. The molecule has 1 amide bonds. The maximum Gasteiger partial charge on any atom is 0.289 e. The zero-order valence-electron chi connectivity index (χ0n) is 13.9. The first kappa shape index (κ1) is 17.3. The van der Waals surface area contributed by atoms with Crippen molar-refractivity contribution in [3.8, 4) is 0 Å². The number of carbonyl (C=O) groups is 1. The summed E-state index contributed by atoms with van der Waals surface area (Å²) < 4.78 is 5.17. The number of hydrogen-bond acceptors (Lipinski definition) is 4. The molecule has 1 aromatic rings. The van der Waals surface area contributed by atoms with Crippen molar-refractivity contribution in [2.24, 2.45) is 10.9 Å². The monoisotopic (exact) mass is 322 g/mol. The van der Waals surface area contributed by atoms with Crippen molar-refractivity contribution in [2.45, 2.75) is 13.8 Å². The van der Waals surface area contributed by atoms with Gasteiger partial charge in [0.2, 0.25) is 0 Å². The Balaban J connectivity index is 1.91. The van der Waals surface area contributed by atoms with Crippen molar-refractivity contribution in [3.63, 3.8) is 0 Å². The van der Waals surface area contributed by atoms with Crippen molar-refractivity contribution >= 4 is 11.9 Å². The molecule has 23 heavy (non-hydrogen) atoms. The smallest absolute Gasteiger partial charge is 0.289 e. The fourth-order valence-corrected chi connectivity index (χ4v) is 2.40. The third-order valence-electron chi connectivity index (χ3n) is 3.80. The number of hydrogen-bond donors (Lipinski definition) is 2. The van der Waals surface area contributed by atoms with E-state index in [4.69, 9.17) is 9.52 Å². The van der Waals surface area contributed by atoms with Crippen LogP contribution in [0.4, 0.5) is 0 Å². The largest absolute Gasteiger partial charge is 0.459 e. The highest BCUT2D eigenvalue weighted by atomic mass is 16.3. The zero-order chi connectivity index (χ0) is 16.7. The number of aliphatic imine (C=N–C) groups is 1. The van der Waals surface area contributed by atoms with E-state index in [0.717, 1.165) is 25.6 Å². The molecule has 0 spiro atoms. The van der Waals surface area contributed by atoms with E-state index in [9.17, 15) is 4.79 Å². The van der Waals surface area contributed by atoms with E-state index in [1.807, 2.05) is 13.8 Å². The van der Waals surface area contributed by atoms with Gasteiger partial charge in [-0.3, -0.25) is 9.79 Å². The minimum absolute atomic E-state index is 0.0644. The van der Waals surface area contributed by atoms with Crippen LogP contribution in [-0.2, 0) is 0 Å². The molecule has 7 heteroatoms. The average Bonchev–Trinajstić information content (AvgIpc) is 3.12. The van der Waals surface area contributed by atoms with Gasteiger partial charge in [-0.05, 0) is 25.0 Å². The molecule has 0 aliphatic carbocycles. The number of nitrogens with zero attached hydrogens (tertiary/aromatic N) is 3. The van der Waals surface area contributed by atoms with Gasteiger partial charge in [0.25, 0.3) is 5.91 Å². The van der Waals surface area contributed by atoms with Crippen LogP contribution < -0.4 is 5.32 Å². The number of guanidine groups is 1. The van der Waals surface area contributed by atoms with Crippen molar-refractivity contribution in [1.82, 2.24) is 15.1 Å². The Morgan fingerprint density at radius 2 is 2.09 bits per heavy atom. The number of rotatable bonds is 5. The lowest BCUT2D eigenvalue weighted by atomic mass is 10.2. The lowest BCUT2D eigenvalue weighted by molar-refractivity contribution is 0.0657. The van der Waals surface area contributed by atoms with E-state index in [-0.39, 0.29) is 18.4 Å². The minimum Gasteiger partial charge on any atom is -0.459 e. The Hall–Kier alpha value is -2.02. The molecule has 1 saturated heterocycles. The minimum atomic E-state index is -0.0644. The van der Waals surface area contributed by atoms with Gasteiger partial charge in [0, 0.05) is 45.9 Å². The number of amides is 1. The Bertz CT molecular complexity index is 507. The number of aliphatic hydroxyl groups is 1. The third kappa shape index (κ3) is 4.72. The molecule has 1 unspecified atom stereocenters. The molecule has 2 heterocycles. The van der Waals surface area contributed by atoms with Crippen LogP contribution >= 0.6 is 0 Å². The molecule has 0 saturated carbocycles. The molecule has 128 valence electrons. The van der Waals surface area contributed by atoms with Gasteiger partial charge in [-0.15, -0.1) is 0 Å². The van der Waals surface area contributed by atoms with Gasteiger partial charge in [-0.25, -0.2) is 0 Å². The van der Waals surface area contributed by atoms with Crippen LogP contribution in [0.3, 0.4) is 0 Å². The summed E-state index contributed by atoms with van der Waals surface area (Å²) in [6, 6.07) is 3.41. The van der Waals surface area contributed by atoms with Crippen LogP contribution in [0.5, 0.6) is 0 Å². The Kier molecular flexibility index (Phi) is 6.46. The van der Waals surface area contributed by atoms with Crippen LogP contribution in [0.25, 0.3) is 0 Å². The Morgan fingerprint density at radius 1 is 1.39 bits per heavy atom. The summed E-state index contributed by atoms with van der Waals surface area (Å²) in [5.74, 6) is 1.31. The first-order chi connectivity index (χ1) is 11.2. The van der Waals surface area contributed by atoms with Crippen LogP contribution in [0.2, 0.25) is 0 Å². The van der Waals surface area contributed by atoms with Gasteiger partial charge in [-0.2, -0.15) is 0 Å².